The average Bonchev–Trinajstić information content (AvgIpc) is 2.90. The molecule has 6 nitrogen and oxygen atoms in total. The van der Waals surface area contributed by atoms with E-state index in [1.165, 1.54) is 5.56 Å². The van der Waals surface area contributed by atoms with Crippen molar-refractivity contribution in [3.8, 4) is 0 Å². The lowest BCUT2D eigenvalue weighted by Crippen LogP contribution is -2.32. The van der Waals surface area contributed by atoms with Gasteiger partial charge in [0.2, 0.25) is 5.95 Å². The maximum atomic E-state index is 12.3. The van der Waals surface area contributed by atoms with Crippen LogP contribution in [0.2, 0.25) is 0 Å². The molecule has 3 rings (SSSR count). The van der Waals surface area contributed by atoms with Crippen LogP contribution in [0.4, 0.5) is 11.6 Å². The standard InChI is InChI=1S/C18H23N5O/c1-13-12-14-6-4-5-7-16(14)23(13)18-20-9-8-15(21-18)17(24)19-10-11-22(2)3/h4-9,13H,10-12H2,1-3H3,(H,19,24). The number of fused-ring (bicyclic) bond motifs is 1. The van der Waals surface area contributed by atoms with Crippen LogP contribution in [-0.2, 0) is 6.42 Å². The molecule has 1 aliphatic heterocycles. The van der Waals surface area contributed by atoms with Crippen molar-refractivity contribution in [2.24, 2.45) is 0 Å². The minimum absolute atomic E-state index is 0.166. The van der Waals surface area contributed by atoms with Crippen LogP contribution in [0.25, 0.3) is 0 Å². The topological polar surface area (TPSA) is 61.4 Å². The second-order valence-corrected chi connectivity index (χ2v) is 6.35. The van der Waals surface area contributed by atoms with Crippen LogP contribution < -0.4 is 10.2 Å². The summed E-state index contributed by atoms with van der Waals surface area (Å²) in [6, 6.07) is 10.2. The number of nitrogens with zero attached hydrogens (tertiary/aromatic N) is 4. The molecule has 1 amide bonds. The molecule has 1 aromatic heterocycles. The fourth-order valence-corrected chi connectivity index (χ4v) is 2.94. The first kappa shape index (κ1) is 16.4. The highest BCUT2D eigenvalue weighted by Gasteiger charge is 2.29. The van der Waals surface area contributed by atoms with Crippen molar-refractivity contribution in [2.45, 2.75) is 19.4 Å². The summed E-state index contributed by atoms with van der Waals surface area (Å²) in [7, 11) is 3.95. The molecular weight excluding hydrogens is 302 g/mol. The Morgan fingerprint density at radius 2 is 2.12 bits per heavy atom. The molecule has 2 aromatic rings. The summed E-state index contributed by atoms with van der Waals surface area (Å²) < 4.78 is 0. The lowest BCUT2D eigenvalue weighted by molar-refractivity contribution is 0.0946. The monoisotopic (exact) mass is 325 g/mol. The van der Waals surface area contributed by atoms with E-state index in [0.29, 0.717) is 18.2 Å². The number of hydrogen-bond donors (Lipinski definition) is 1. The third kappa shape index (κ3) is 3.38. The van der Waals surface area contributed by atoms with Gasteiger partial charge in [-0.1, -0.05) is 18.2 Å². The third-order valence-electron chi connectivity index (χ3n) is 4.14. The lowest BCUT2D eigenvalue weighted by Gasteiger charge is -2.22. The molecule has 0 bridgehead atoms. The maximum Gasteiger partial charge on any atom is 0.270 e. The van der Waals surface area contributed by atoms with Gasteiger partial charge >= 0.3 is 0 Å². The minimum atomic E-state index is -0.166. The van der Waals surface area contributed by atoms with Crippen molar-refractivity contribution in [3.63, 3.8) is 0 Å². The quantitative estimate of drug-likeness (QED) is 0.909. The highest BCUT2D eigenvalue weighted by atomic mass is 16.1. The van der Waals surface area contributed by atoms with Crippen LogP contribution in [0.15, 0.2) is 36.5 Å². The average molecular weight is 325 g/mol. The SMILES string of the molecule is CC1Cc2ccccc2N1c1nccc(C(=O)NCCN(C)C)n1. The minimum Gasteiger partial charge on any atom is -0.349 e. The fourth-order valence-electron chi connectivity index (χ4n) is 2.94. The van der Waals surface area contributed by atoms with Crippen LogP contribution in [-0.4, -0.2) is 54.0 Å². The number of carbonyl (C=O) groups is 1. The van der Waals surface area contributed by atoms with Gasteiger partial charge in [0.15, 0.2) is 0 Å². The summed E-state index contributed by atoms with van der Waals surface area (Å²) in [5.74, 6) is 0.411. The van der Waals surface area contributed by atoms with E-state index < -0.39 is 0 Å². The Bertz CT molecular complexity index is 731. The van der Waals surface area contributed by atoms with Gasteiger partial charge in [-0.2, -0.15) is 0 Å². The van der Waals surface area contributed by atoms with Crippen molar-refractivity contribution in [2.75, 3.05) is 32.1 Å². The highest BCUT2D eigenvalue weighted by Crippen LogP contribution is 2.36. The fraction of sp³-hybridized carbons (Fsp3) is 0.389. The number of aromatic nitrogens is 2. The van der Waals surface area contributed by atoms with Crippen LogP contribution >= 0.6 is 0 Å². The number of nitrogens with one attached hydrogen (secondary N) is 1. The second kappa shape index (κ2) is 6.97. The van der Waals surface area contributed by atoms with E-state index in [1.54, 1.807) is 12.3 Å². The predicted molar refractivity (Wildman–Crippen MR) is 94.7 cm³/mol. The van der Waals surface area contributed by atoms with Gasteiger partial charge in [0, 0.05) is 31.0 Å². The summed E-state index contributed by atoms with van der Waals surface area (Å²) in [5.41, 5.74) is 2.81. The van der Waals surface area contributed by atoms with Crippen molar-refractivity contribution in [1.29, 1.82) is 0 Å². The van der Waals surface area contributed by atoms with Crippen LogP contribution in [0, 0.1) is 0 Å². The van der Waals surface area contributed by atoms with Gasteiger partial charge in [-0.25, -0.2) is 9.97 Å². The van der Waals surface area contributed by atoms with Gasteiger partial charge in [0.25, 0.3) is 5.91 Å². The first-order valence-corrected chi connectivity index (χ1v) is 8.19. The summed E-state index contributed by atoms with van der Waals surface area (Å²) in [6.07, 6.45) is 2.61. The van der Waals surface area contributed by atoms with Crippen molar-refractivity contribution >= 4 is 17.5 Å². The Kier molecular flexibility index (Phi) is 4.76. The van der Waals surface area contributed by atoms with E-state index in [4.69, 9.17) is 0 Å². The zero-order valence-electron chi connectivity index (χ0n) is 14.4. The van der Waals surface area contributed by atoms with Crippen LogP contribution in [0.3, 0.4) is 0 Å². The Labute approximate surface area is 142 Å². The molecule has 1 N–H and O–H groups in total. The molecule has 1 aliphatic rings. The number of likely N-dealkylation sites (N-methyl/N-ethyl adjacent to an activating group) is 1. The van der Waals surface area contributed by atoms with Gasteiger partial charge in [0.1, 0.15) is 5.69 Å². The van der Waals surface area contributed by atoms with Crippen LogP contribution in [0.5, 0.6) is 0 Å². The number of amides is 1. The number of rotatable bonds is 5. The first-order chi connectivity index (χ1) is 11.6. The Morgan fingerprint density at radius 3 is 2.92 bits per heavy atom. The number of hydrogen-bond acceptors (Lipinski definition) is 5. The lowest BCUT2D eigenvalue weighted by atomic mass is 10.1. The molecule has 0 spiro atoms. The normalized spacial score (nSPS) is 16.3. The molecule has 2 heterocycles. The zero-order valence-corrected chi connectivity index (χ0v) is 14.4. The number of carbonyl (C=O) groups excluding carboxylic acids is 1. The molecule has 1 atom stereocenters. The summed E-state index contributed by atoms with van der Waals surface area (Å²) >= 11 is 0. The molecule has 1 unspecified atom stereocenters. The summed E-state index contributed by atoms with van der Waals surface area (Å²) in [6.45, 7) is 3.53. The number of benzene rings is 1. The van der Waals surface area contributed by atoms with E-state index in [2.05, 4.69) is 39.2 Å². The Balaban J connectivity index is 1.80. The second-order valence-electron chi connectivity index (χ2n) is 6.35. The van der Waals surface area contributed by atoms with E-state index in [0.717, 1.165) is 18.7 Å². The Morgan fingerprint density at radius 1 is 1.33 bits per heavy atom. The van der Waals surface area contributed by atoms with Crippen molar-refractivity contribution in [1.82, 2.24) is 20.2 Å². The smallest absolute Gasteiger partial charge is 0.270 e. The molecule has 6 heteroatoms. The van der Waals surface area contributed by atoms with E-state index in [9.17, 15) is 4.79 Å². The molecule has 0 aliphatic carbocycles. The first-order valence-electron chi connectivity index (χ1n) is 8.19. The van der Waals surface area contributed by atoms with E-state index in [1.807, 2.05) is 31.1 Å². The van der Waals surface area contributed by atoms with Crippen molar-refractivity contribution < 1.29 is 4.79 Å². The molecule has 0 radical (unpaired) electrons. The van der Waals surface area contributed by atoms with E-state index >= 15 is 0 Å². The maximum absolute atomic E-state index is 12.3. The van der Waals surface area contributed by atoms with E-state index in [-0.39, 0.29) is 11.9 Å². The van der Waals surface area contributed by atoms with Gasteiger partial charge in [-0.3, -0.25) is 4.79 Å². The number of para-hydroxylation sites is 1. The molecule has 0 saturated heterocycles. The summed E-state index contributed by atoms with van der Waals surface area (Å²) in [5, 5.41) is 2.89. The summed E-state index contributed by atoms with van der Waals surface area (Å²) in [4.78, 5) is 25.3. The largest absolute Gasteiger partial charge is 0.349 e. The van der Waals surface area contributed by atoms with Crippen molar-refractivity contribution in [3.05, 3.63) is 47.8 Å². The third-order valence-corrected chi connectivity index (χ3v) is 4.14. The van der Waals surface area contributed by atoms with Gasteiger partial charge in [0.05, 0.1) is 0 Å². The molecular formula is C18H23N5O. The molecule has 0 fully saturated rings. The number of anilines is 2. The van der Waals surface area contributed by atoms with Gasteiger partial charge < -0.3 is 15.1 Å². The zero-order chi connectivity index (χ0) is 17.1. The van der Waals surface area contributed by atoms with Gasteiger partial charge in [-0.15, -0.1) is 0 Å². The van der Waals surface area contributed by atoms with Crippen LogP contribution in [0.1, 0.15) is 23.0 Å². The predicted octanol–water partition coefficient (Wildman–Crippen LogP) is 1.85. The molecule has 0 saturated carbocycles. The molecule has 1 aromatic carbocycles. The highest BCUT2D eigenvalue weighted by molar-refractivity contribution is 5.92. The van der Waals surface area contributed by atoms with Gasteiger partial charge in [-0.05, 0) is 45.1 Å². The molecule has 126 valence electrons. The molecule has 24 heavy (non-hydrogen) atoms. The Hall–Kier alpha value is -2.47.